The number of para-hydroxylation sites is 1. The number of pyridine rings is 1. The van der Waals surface area contributed by atoms with E-state index in [1.54, 1.807) is 28.1 Å². The van der Waals surface area contributed by atoms with Crippen LogP contribution in [0.2, 0.25) is 0 Å². The zero-order valence-electron chi connectivity index (χ0n) is 14.5. The highest BCUT2D eigenvalue weighted by atomic mass is 16.2. The van der Waals surface area contributed by atoms with Crippen LogP contribution < -0.4 is 10.2 Å². The summed E-state index contributed by atoms with van der Waals surface area (Å²) < 4.78 is 0. The van der Waals surface area contributed by atoms with Crippen LogP contribution in [0.25, 0.3) is 0 Å². The topological polar surface area (TPSA) is 65.5 Å². The van der Waals surface area contributed by atoms with Gasteiger partial charge in [-0.3, -0.25) is 4.79 Å². The smallest absolute Gasteiger partial charge is 0.321 e. The first-order chi connectivity index (χ1) is 12.1. The van der Waals surface area contributed by atoms with Gasteiger partial charge in [-0.05, 0) is 37.6 Å². The summed E-state index contributed by atoms with van der Waals surface area (Å²) in [5.41, 5.74) is 2.13. The van der Waals surface area contributed by atoms with Crippen molar-refractivity contribution in [1.82, 2.24) is 15.2 Å². The van der Waals surface area contributed by atoms with Gasteiger partial charge >= 0.3 is 6.03 Å². The third kappa shape index (κ3) is 3.53. The standard InChI is InChI=1S/C19H22N4O2/c1-14-6-3-4-8-17(14)23(19(25)22-12-10-20-11-13-22)18-16(15(2)24)7-5-9-21-18/h3-9,20H,10-13H2,1-2H3. The Balaban J connectivity index is 2.11. The molecular formula is C19H22N4O2. The quantitative estimate of drug-likeness (QED) is 0.874. The van der Waals surface area contributed by atoms with E-state index >= 15 is 0 Å². The van der Waals surface area contributed by atoms with Crippen molar-refractivity contribution in [3.63, 3.8) is 0 Å². The molecule has 0 saturated carbocycles. The van der Waals surface area contributed by atoms with Gasteiger partial charge in [-0.15, -0.1) is 0 Å². The second kappa shape index (κ2) is 7.44. The number of ketones is 1. The van der Waals surface area contributed by atoms with Crippen LogP contribution in [0.15, 0.2) is 42.6 Å². The Morgan fingerprint density at radius 2 is 1.84 bits per heavy atom. The molecule has 25 heavy (non-hydrogen) atoms. The number of benzene rings is 1. The number of rotatable bonds is 3. The molecule has 3 rings (SSSR count). The Bertz CT molecular complexity index is 784. The molecule has 2 heterocycles. The molecule has 1 aliphatic heterocycles. The molecule has 2 amide bonds. The van der Waals surface area contributed by atoms with Crippen LogP contribution in [0.3, 0.4) is 0 Å². The van der Waals surface area contributed by atoms with E-state index in [0.717, 1.165) is 24.3 Å². The number of piperazine rings is 1. The number of carbonyl (C=O) groups excluding carboxylic acids is 2. The first kappa shape index (κ1) is 17.1. The fourth-order valence-electron chi connectivity index (χ4n) is 2.97. The van der Waals surface area contributed by atoms with Gasteiger partial charge in [0.05, 0.1) is 11.3 Å². The Morgan fingerprint density at radius 1 is 1.12 bits per heavy atom. The molecule has 0 aliphatic carbocycles. The van der Waals surface area contributed by atoms with Crippen LogP contribution in [0, 0.1) is 6.92 Å². The zero-order chi connectivity index (χ0) is 17.8. The van der Waals surface area contributed by atoms with Crippen molar-refractivity contribution in [3.8, 4) is 0 Å². The van der Waals surface area contributed by atoms with E-state index in [4.69, 9.17) is 0 Å². The number of aryl methyl sites for hydroxylation is 1. The number of amides is 2. The van der Waals surface area contributed by atoms with Crippen molar-refractivity contribution in [2.24, 2.45) is 0 Å². The van der Waals surface area contributed by atoms with Crippen molar-refractivity contribution in [2.45, 2.75) is 13.8 Å². The maximum atomic E-state index is 13.3. The first-order valence-corrected chi connectivity index (χ1v) is 8.41. The van der Waals surface area contributed by atoms with Crippen LogP contribution in [-0.2, 0) is 0 Å². The molecule has 0 spiro atoms. The number of urea groups is 1. The molecule has 1 saturated heterocycles. The molecular weight excluding hydrogens is 316 g/mol. The summed E-state index contributed by atoms with van der Waals surface area (Å²) in [6.45, 7) is 6.22. The minimum atomic E-state index is -0.156. The van der Waals surface area contributed by atoms with E-state index < -0.39 is 0 Å². The number of Topliss-reactive ketones (excluding diaryl/α,β-unsaturated/α-hetero) is 1. The minimum Gasteiger partial charge on any atom is -0.321 e. The van der Waals surface area contributed by atoms with Crippen LogP contribution >= 0.6 is 0 Å². The Labute approximate surface area is 147 Å². The lowest BCUT2D eigenvalue weighted by molar-refractivity contribution is 0.101. The van der Waals surface area contributed by atoms with E-state index in [-0.39, 0.29) is 11.8 Å². The van der Waals surface area contributed by atoms with E-state index in [9.17, 15) is 9.59 Å². The third-order valence-corrected chi connectivity index (χ3v) is 4.31. The summed E-state index contributed by atoms with van der Waals surface area (Å²) in [7, 11) is 0. The van der Waals surface area contributed by atoms with Gasteiger partial charge in [0.15, 0.2) is 11.6 Å². The number of aromatic nitrogens is 1. The highest BCUT2D eigenvalue weighted by Gasteiger charge is 2.29. The van der Waals surface area contributed by atoms with Gasteiger partial charge in [0.1, 0.15) is 0 Å². The van der Waals surface area contributed by atoms with Gasteiger partial charge < -0.3 is 10.2 Å². The predicted molar refractivity (Wildman–Crippen MR) is 97.4 cm³/mol. The van der Waals surface area contributed by atoms with Crippen LogP contribution in [0.5, 0.6) is 0 Å². The van der Waals surface area contributed by atoms with Gasteiger partial charge in [-0.25, -0.2) is 14.7 Å². The first-order valence-electron chi connectivity index (χ1n) is 8.41. The van der Waals surface area contributed by atoms with Crippen LogP contribution in [-0.4, -0.2) is 47.9 Å². The lowest BCUT2D eigenvalue weighted by Gasteiger charge is -2.34. The molecule has 1 aromatic carbocycles. The van der Waals surface area contributed by atoms with Crippen molar-refractivity contribution >= 4 is 23.3 Å². The zero-order valence-corrected chi connectivity index (χ0v) is 14.5. The molecule has 0 atom stereocenters. The molecule has 6 heteroatoms. The highest BCUT2D eigenvalue weighted by Crippen LogP contribution is 2.31. The molecule has 0 bridgehead atoms. The molecule has 130 valence electrons. The summed E-state index contributed by atoms with van der Waals surface area (Å²) in [5, 5.41) is 3.25. The number of hydrogen-bond acceptors (Lipinski definition) is 4. The van der Waals surface area contributed by atoms with Gasteiger partial charge in [-0.2, -0.15) is 0 Å². The molecule has 2 aromatic rings. The second-order valence-corrected chi connectivity index (χ2v) is 6.07. The molecule has 1 fully saturated rings. The Morgan fingerprint density at radius 3 is 2.52 bits per heavy atom. The average molecular weight is 338 g/mol. The maximum Gasteiger partial charge on any atom is 0.330 e. The van der Waals surface area contributed by atoms with E-state index in [2.05, 4.69) is 10.3 Å². The van der Waals surface area contributed by atoms with E-state index in [0.29, 0.717) is 24.5 Å². The fourth-order valence-corrected chi connectivity index (χ4v) is 2.97. The second-order valence-electron chi connectivity index (χ2n) is 6.07. The molecule has 0 radical (unpaired) electrons. The Hall–Kier alpha value is -2.73. The number of nitrogens with zero attached hydrogens (tertiary/aromatic N) is 3. The van der Waals surface area contributed by atoms with Gasteiger partial charge in [0, 0.05) is 32.4 Å². The maximum absolute atomic E-state index is 13.3. The molecule has 6 nitrogen and oxygen atoms in total. The normalized spacial score (nSPS) is 14.2. The van der Waals surface area contributed by atoms with Crippen LogP contribution in [0.1, 0.15) is 22.8 Å². The number of nitrogens with one attached hydrogen (secondary N) is 1. The summed E-state index contributed by atoms with van der Waals surface area (Å²) in [5.74, 6) is 0.266. The monoisotopic (exact) mass is 338 g/mol. The van der Waals surface area contributed by atoms with Gasteiger partial charge in [0.25, 0.3) is 0 Å². The third-order valence-electron chi connectivity index (χ3n) is 4.31. The summed E-state index contributed by atoms with van der Waals surface area (Å²) >= 11 is 0. The lowest BCUT2D eigenvalue weighted by atomic mass is 10.1. The van der Waals surface area contributed by atoms with Crippen molar-refractivity contribution < 1.29 is 9.59 Å². The number of hydrogen-bond donors (Lipinski definition) is 1. The minimum absolute atomic E-state index is 0.116. The van der Waals surface area contributed by atoms with Gasteiger partial charge in [0.2, 0.25) is 0 Å². The van der Waals surface area contributed by atoms with E-state index in [1.165, 1.54) is 6.92 Å². The largest absolute Gasteiger partial charge is 0.330 e. The molecule has 1 N–H and O–H groups in total. The average Bonchev–Trinajstić information content (AvgIpc) is 2.64. The van der Waals surface area contributed by atoms with E-state index in [1.807, 2.05) is 31.2 Å². The summed E-state index contributed by atoms with van der Waals surface area (Å²) in [6, 6.07) is 10.9. The molecule has 1 aliphatic rings. The number of carbonyl (C=O) groups is 2. The molecule has 1 aromatic heterocycles. The number of anilines is 2. The van der Waals surface area contributed by atoms with Crippen molar-refractivity contribution in [1.29, 1.82) is 0 Å². The van der Waals surface area contributed by atoms with Crippen LogP contribution in [0.4, 0.5) is 16.3 Å². The Kier molecular flexibility index (Phi) is 5.09. The highest BCUT2D eigenvalue weighted by molar-refractivity contribution is 6.06. The van der Waals surface area contributed by atoms with Gasteiger partial charge in [-0.1, -0.05) is 18.2 Å². The van der Waals surface area contributed by atoms with Crippen molar-refractivity contribution in [3.05, 3.63) is 53.7 Å². The van der Waals surface area contributed by atoms with Crippen molar-refractivity contribution in [2.75, 3.05) is 31.1 Å². The summed E-state index contributed by atoms with van der Waals surface area (Å²) in [4.78, 5) is 33.1. The predicted octanol–water partition coefficient (Wildman–Crippen LogP) is 2.76. The lowest BCUT2D eigenvalue weighted by Crippen LogP contribution is -2.51. The summed E-state index contributed by atoms with van der Waals surface area (Å²) in [6.07, 6.45) is 1.61. The SMILES string of the molecule is CC(=O)c1cccnc1N(C(=O)N1CCNCC1)c1ccccc1C. The molecule has 0 unspecified atom stereocenters. The fraction of sp³-hybridized carbons (Fsp3) is 0.316.